The Morgan fingerprint density at radius 3 is 2.75 bits per heavy atom. The first-order valence-corrected chi connectivity index (χ1v) is 8.55. The van der Waals surface area contributed by atoms with Gasteiger partial charge in [-0.15, -0.1) is 0 Å². The number of guanidine groups is 1. The maximum atomic E-state index is 12.2. The highest BCUT2D eigenvalue weighted by Gasteiger charge is 2.14. The molecule has 7 N–H and O–H groups in total. The Morgan fingerprint density at radius 1 is 1.36 bits per heavy atom. The summed E-state index contributed by atoms with van der Waals surface area (Å²) < 4.78 is 1.45. The predicted molar refractivity (Wildman–Crippen MR) is 104 cm³/mol. The molecule has 28 heavy (non-hydrogen) atoms. The first-order chi connectivity index (χ1) is 13.3. The van der Waals surface area contributed by atoms with Crippen LogP contribution in [0.4, 0.5) is 0 Å². The number of aryl methyl sites for hydroxylation is 1. The van der Waals surface area contributed by atoms with Crippen LogP contribution in [0.2, 0.25) is 0 Å². The lowest BCUT2D eigenvalue weighted by molar-refractivity contribution is -0.129. The third kappa shape index (κ3) is 4.35. The lowest BCUT2D eigenvalue weighted by Crippen LogP contribution is -2.44. The van der Waals surface area contributed by atoms with Gasteiger partial charge in [0.05, 0.1) is 12.2 Å². The lowest BCUT2D eigenvalue weighted by atomic mass is 10.2. The second-order valence-electron chi connectivity index (χ2n) is 6.34. The highest BCUT2D eigenvalue weighted by atomic mass is 16.3. The molecule has 146 valence electrons. The summed E-state index contributed by atoms with van der Waals surface area (Å²) in [5, 5.41) is 22.5. The van der Waals surface area contributed by atoms with E-state index in [0.29, 0.717) is 11.3 Å². The molecule has 3 rings (SSSR count). The monoisotopic (exact) mass is 383 g/mol. The number of carbonyl (C=O) groups is 1. The van der Waals surface area contributed by atoms with Gasteiger partial charge in [0, 0.05) is 23.8 Å². The van der Waals surface area contributed by atoms with Crippen molar-refractivity contribution in [3.05, 3.63) is 58.3 Å². The van der Waals surface area contributed by atoms with Crippen LogP contribution in [0.25, 0.3) is 16.7 Å². The second-order valence-corrected chi connectivity index (χ2v) is 6.34. The van der Waals surface area contributed by atoms with Crippen LogP contribution >= 0.6 is 0 Å². The van der Waals surface area contributed by atoms with Crippen LogP contribution in [0.15, 0.2) is 41.3 Å². The van der Waals surface area contributed by atoms with E-state index in [1.165, 1.54) is 4.57 Å². The fourth-order valence-corrected chi connectivity index (χ4v) is 2.70. The average molecular weight is 383 g/mol. The molecule has 1 amide bonds. The molecule has 0 fully saturated rings. The van der Waals surface area contributed by atoms with Gasteiger partial charge >= 0.3 is 5.69 Å². The van der Waals surface area contributed by atoms with Gasteiger partial charge in [-0.05, 0) is 30.7 Å². The maximum Gasteiger partial charge on any atom is 0.354 e. The molecule has 10 heteroatoms. The number of nitrogens with one attached hydrogen (secondary N) is 4. The van der Waals surface area contributed by atoms with E-state index in [9.17, 15) is 14.7 Å². The molecule has 3 aromatic rings. The zero-order chi connectivity index (χ0) is 20.3. The Hall–Kier alpha value is -3.66. The van der Waals surface area contributed by atoms with Gasteiger partial charge < -0.3 is 26.5 Å². The molecule has 2 heterocycles. The van der Waals surface area contributed by atoms with Gasteiger partial charge in [0.1, 0.15) is 11.8 Å². The van der Waals surface area contributed by atoms with E-state index in [1.807, 2.05) is 13.0 Å². The van der Waals surface area contributed by atoms with Crippen molar-refractivity contribution in [2.24, 2.45) is 5.73 Å². The summed E-state index contributed by atoms with van der Waals surface area (Å²) in [6, 6.07) is 8.96. The molecule has 0 saturated carbocycles. The molecule has 0 radical (unpaired) electrons. The van der Waals surface area contributed by atoms with Crippen LogP contribution in [-0.4, -0.2) is 44.2 Å². The van der Waals surface area contributed by atoms with Crippen molar-refractivity contribution in [3.8, 4) is 5.69 Å². The van der Waals surface area contributed by atoms with Crippen LogP contribution in [-0.2, 0) is 11.3 Å². The summed E-state index contributed by atoms with van der Waals surface area (Å²) >= 11 is 0. The number of benzene rings is 1. The van der Waals surface area contributed by atoms with E-state index < -0.39 is 17.7 Å². The maximum absolute atomic E-state index is 12.2. The smallest absolute Gasteiger partial charge is 0.354 e. The Morgan fingerprint density at radius 2 is 2.07 bits per heavy atom. The molecule has 0 aliphatic carbocycles. The molecule has 1 atom stereocenters. The third-order valence-corrected chi connectivity index (χ3v) is 4.11. The number of aromatic amines is 1. The van der Waals surface area contributed by atoms with Crippen molar-refractivity contribution in [1.82, 2.24) is 25.2 Å². The number of H-pyrrole nitrogens is 1. The number of aliphatic hydroxyl groups excluding tert-OH is 1. The van der Waals surface area contributed by atoms with Gasteiger partial charge in [-0.1, -0.05) is 12.1 Å². The number of aromatic nitrogens is 3. The highest BCUT2D eigenvalue weighted by Crippen LogP contribution is 2.13. The molecule has 0 bridgehead atoms. The number of hydrogen-bond acceptors (Lipinski definition) is 5. The molecule has 0 saturated heterocycles. The number of aliphatic hydroxyl groups is 1. The summed E-state index contributed by atoms with van der Waals surface area (Å²) in [6.45, 7) is 1.96. The van der Waals surface area contributed by atoms with Gasteiger partial charge in [-0.3, -0.25) is 14.8 Å². The minimum Gasteiger partial charge on any atom is -0.381 e. The van der Waals surface area contributed by atoms with E-state index in [4.69, 9.17) is 11.1 Å². The molecule has 2 aromatic heterocycles. The standard InChI is InChI=1S/C18H21N7O3/c1-10-6-12-9-25(18(28)24-15(12)23-10)13-4-2-11(3-5-13)7-21-16(27)14(26)8-22-17(19)20/h2-6,9,14,26H,7-8H2,1H3,(H,21,27)(H4,19,20,22)(H,23,24,28). The number of fused-ring (bicyclic) bond motifs is 1. The predicted octanol–water partition coefficient (Wildman–Crippen LogP) is -0.518. The first kappa shape index (κ1) is 19.1. The zero-order valence-corrected chi connectivity index (χ0v) is 15.2. The first-order valence-electron chi connectivity index (χ1n) is 8.55. The Balaban J connectivity index is 1.67. The van der Waals surface area contributed by atoms with Crippen molar-refractivity contribution < 1.29 is 9.90 Å². The van der Waals surface area contributed by atoms with Crippen LogP contribution in [0.5, 0.6) is 0 Å². The molecule has 0 aliphatic rings. The van der Waals surface area contributed by atoms with Gasteiger partial charge in [-0.2, -0.15) is 4.98 Å². The number of carbonyl (C=O) groups excluding carboxylic acids is 1. The SMILES string of the molecule is Cc1cc2cn(-c3ccc(CNC(=O)C(O)CNC(=N)N)cc3)c(=O)nc2[nH]1. The van der Waals surface area contributed by atoms with Crippen LogP contribution in [0.1, 0.15) is 11.3 Å². The molecular weight excluding hydrogens is 362 g/mol. The van der Waals surface area contributed by atoms with E-state index in [-0.39, 0.29) is 19.0 Å². The molecule has 1 unspecified atom stereocenters. The minimum absolute atomic E-state index is 0.142. The van der Waals surface area contributed by atoms with E-state index in [0.717, 1.165) is 16.6 Å². The van der Waals surface area contributed by atoms with Gasteiger partial charge in [0.15, 0.2) is 5.96 Å². The Labute approximate surface area is 159 Å². The van der Waals surface area contributed by atoms with E-state index >= 15 is 0 Å². The van der Waals surface area contributed by atoms with Gasteiger partial charge in [0.2, 0.25) is 0 Å². The minimum atomic E-state index is -1.32. The number of hydrogen-bond donors (Lipinski definition) is 6. The van der Waals surface area contributed by atoms with Gasteiger partial charge in [0.25, 0.3) is 5.91 Å². The largest absolute Gasteiger partial charge is 0.381 e. The quantitative estimate of drug-likeness (QED) is 0.248. The van der Waals surface area contributed by atoms with E-state index in [1.54, 1.807) is 30.5 Å². The fraction of sp³-hybridized carbons (Fsp3) is 0.222. The Bertz CT molecular complexity index is 1070. The van der Waals surface area contributed by atoms with Crippen LogP contribution in [0, 0.1) is 12.3 Å². The molecule has 10 nitrogen and oxygen atoms in total. The highest BCUT2D eigenvalue weighted by molar-refractivity contribution is 5.82. The van der Waals surface area contributed by atoms with Crippen molar-refractivity contribution in [2.75, 3.05) is 6.54 Å². The summed E-state index contributed by atoms with van der Waals surface area (Å²) in [5.41, 5.74) is 7.64. The molecule has 1 aromatic carbocycles. The number of rotatable bonds is 6. The topological polar surface area (TPSA) is 162 Å². The van der Waals surface area contributed by atoms with Crippen molar-refractivity contribution in [2.45, 2.75) is 19.6 Å². The van der Waals surface area contributed by atoms with Crippen molar-refractivity contribution in [1.29, 1.82) is 5.41 Å². The third-order valence-electron chi connectivity index (χ3n) is 4.11. The Kier molecular flexibility index (Phi) is 5.41. The summed E-state index contributed by atoms with van der Waals surface area (Å²) in [6.07, 6.45) is 0.410. The molecule has 0 spiro atoms. The number of nitrogens with zero attached hydrogens (tertiary/aromatic N) is 2. The normalized spacial score (nSPS) is 11.9. The van der Waals surface area contributed by atoms with Crippen LogP contribution < -0.4 is 22.1 Å². The zero-order valence-electron chi connectivity index (χ0n) is 15.2. The second kappa shape index (κ2) is 7.92. The van der Waals surface area contributed by atoms with Gasteiger partial charge in [-0.25, -0.2) is 4.79 Å². The number of amides is 1. The summed E-state index contributed by atoms with van der Waals surface area (Å²) in [7, 11) is 0. The molecular formula is C18H21N7O3. The average Bonchev–Trinajstić information content (AvgIpc) is 3.02. The number of nitrogens with two attached hydrogens (primary N) is 1. The lowest BCUT2D eigenvalue weighted by Gasteiger charge is -2.12. The molecule has 0 aliphatic heterocycles. The van der Waals surface area contributed by atoms with E-state index in [2.05, 4.69) is 20.6 Å². The summed E-state index contributed by atoms with van der Waals surface area (Å²) in [4.78, 5) is 31.1. The van der Waals surface area contributed by atoms with Crippen molar-refractivity contribution >= 4 is 22.9 Å². The van der Waals surface area contributed by atoms with Crippen LogP contribution in [0.3, 0.4) is 0 Å². The fourth-order valence-electron chi connectivity index (χ4n) is 2.70. The summed E-state index contributed by atoms with van der Waals surface area (Å²) in [5.74, 6) is -0.897. The van der Waals surface area contributed by atoms with Crippen molar-refractivity contribution in [3.63, 3.8) is 0 Å².